The molecular weight excluding hydrogens is 385 g/mol. The lowest BCUT2D eigenvalue weighted by atomic mass is 10.1. The molecule has 0 aliphatic carbocycles. The van der Waals surface area contributed by atoms with Gasteiger partial charge in [0, 0.05) is 37.4 Å². The van der Waals surface area contributed by atoms with Gasteiger partial charge in [-0.15, -0.1) is 24.8 Å². The molecule has 1 aliphatic heterocycles. The van der Waals surface area contributed by atoms with Crippen LogP contribution < -0.4 is 11.1 Å². The van der Waals surface area contributed by atoms with E-state index in [0.29, 0.717) is 17.8 Å². The molecule has 1 amide bonds. The summed E-state index contributed by atoms with van der Waals surface area (Å²) in [7, 11) is 0. The number of aryl methyl sites for hydroxylation is 1. The van der Waals surface area contributed by atoms with E-state index in [1.54, 1.807) is 6.07 Å². The number of nitrogen functional groups attached to an aromatic ring is 1. The summed E-state index contributed by atoms with van der Waals surface area (Å²) in [5.74, 6) is -0.0917. The second-order valence-corrected chi connectivity index (χ2v) is 6.41. The molecule has 0 spiro atoms. The Bertz CT molecular complexity index is 750. The number of hydrogen-bond donors (Lipinski definition) is 2. The molecule has 1 saturated heterocycles. The summed E-state index contributed by atoms with van der Waals surface area (Å²) in [4.78, 5) is 14.9. The number of anilines is 1. The average molecular weight is 412 g/mol. The van der Waals surface area contributed by atoms with E-state index in [9.17, 15) is 4.79 Å². The maximum Gasteiger partial charge on any atom is 0.251 e. The highest BCUT2D eigenvalue weighted by Gasteiger charge is 2.14. The highest BCUT2D eigenvalue weighted by molar-refractivity contribution is 5.96. The normalized spacial score (nSPS) is 14.0. The van der Waals surface area contributed by atoms with E-state index >= 15 is 0 Å². The first kappa shape index (κ1) is 23.2. The lowest BCUT2D eigenvalue weighted by molar-refractivity contribution is 0.0340. The Labute approximate surface area is 173 Å². The van der Waals surface area contributed by atoms with E-state index < -0.39 is 0 Å². The number of amides is 1. The Balaban J connectivity index is 0.00000182. The van der Waals surface area contributed by atoms with Gasteiger partial charge in [0.2, 0.25) is 0 Å². The maximum absolute atomic E-state index is 12.5. The monoisotopic (exact) mass is 411 g/mol. The zero-order chi connectivity index (χ0) is 17.6. The number of halogens is 2. The molecule has 7 heteroatoms. The molecule has 3 N–H and O–H groups in total. The number of nitrogens with one attached hydrogen (secondary N) is 1. The van der Waals surface area contributed by atoms with Gasteiger partial charge in [0.05, 0.1) is 13.2 Å². The average Bonchev–Trinajstić information content (AvgIpc) is 2.63. The topological polar surface area (TPSA) is 67.6 Å². The summed E-state index contributed by atoms with van der Waals surface area (Å²) < 4.78 is 5.41. The van der Waals surface area contributed by atoms with Crippen LogP contribution in [-0.2, 0) is 17.8 Å². The molecule has 1 heterocycles. The number of benzene rings is 2. The van der Waals surface area contributed by atoms with Crippen molar-refractivity contribution in [1.82, 2.24) is 10.2 Å². The maximum atomic E-state index is 12.5. The van der Waals surface area contributed by atoms with Crippen molar-refractivity contribution in [2.45, 2.75) is 20.0 Å². The summed E-state index contributed by atoms with van der Waals surface area (Å²) in [5, 5.41) is 3.02. The number of carbonyl (C=O) groups excluding carboxylic acids is 1. The van der Waals surface area contributed by atoms with Gasteiger partial charge in [0.15, 0.2) is 0 Å². The van der Waals surface area contributed by atoms with Gasteiger partial charge in [0.25, 0.3) is 5.91 Å². The van der Waals surface area contributed by atoms with E-state index in [1.165, 1.54) is 5.56 Å². The molecule has 148 valence electrons. The minimum atomic E-state index is -0.0917. The Morgan fingerprint density at radius 1 is 1.11 bits per heavy atom. The van der Waals surface area contributed by atoms with Crippen molar-refractivity contribution in [2.24, 2.45) is 0 Å². The van der Waals surface area contributed by atoms with Crippen molar-refractivity contribution in [2.75, 3.05) is 32.0 Å². The fourth-order valence-corrected chi connectivity index (χ4v) is 3.04. The smallest absolute Gasteiger partial charge is 0.251 e. The number of morpholine rings is 1. The summed E-state index contributed by atoms with van der Waals surface area (Å²) >= 11 is 0. The Kier molecular flexibility index (Phi) is 9.60. The van der Waals surface area contributed by atoms with Gasteiger partial charge in [-0.2, -0.15) is 0 Å². The fourth-order valence-electron chi connectivity index (χ4n) is 3.04. The predicted octanol–water partition coefficient (Wildman–Crippen LogP) is 3.18. The number of carbonyl (C=O) groups is 1. The minimum Gasteiger partial charge on any atom is -0.399 e. The summed E-state index contributed by atoms with van der Waals surface area (Å²) in [6, 6.07) is 13.7. The van der Waals surface area contributed by atoms with Gasteiger partial charge in [0.1, 0.15) is 0 Å². The highest BCUT2D eigenvalue weighted by atomic mass is 35.5. The number of nitrogens with two attached hydrogens (primary N) is 1. The van der Waals surface area contributed by atoms with Gasteiger partial charge >= 0.3 is 0 Å². The molecular formula is C20H27Cl2N3O2. The molecule has 5 nitrogen and oxygen atoms in total. The van der Waals surface area contributed by atoms with Crippen LogP contribution in [0.2, 0.25) is 0 Å². The van der Waals surface area contributed by atoms with Crippen LogP contribution >= 0.6 is 24.8 Å². The summed E-state index contributed by atoms with van der Waals surface area (Å²) in [6.07, 6.45) is 0. The Morgan fingerprint density at radius 2 is 1.78 bits per heavy atom. The summed E-state index contributed by atoms with van der Waals surface area (Å²) in [5.41, 5.74) is 10.3. The van der Waals surface area contributed by atoms with Gasteiger partial charge in [-0.1, -0.05) is 30.3 Å². The van der Waals surface area contributed by atoms with E-state index in [1.807, 2.05) is 31.2 Å². The lowest BCUT2D eigenvalue weighted by Gasteiger charge is -2.27. The zero-order valence-corrected chi connectivity index (χ0v) is 17.1. The van der Waals surface area contributed by atoms with Crippen molar-refractivity contribution < 1.29 is 9.53 Å². The van der Waals surface area contributed by atoms with Crippen molar-refractivity contribution in [1.29, 1.82) is 0 Å². The fraction of sp³-hybridized carbons (Fsp3) is 0.350. The van der Waals surface area contributed by atoms with Crippen LogP contribution in [0.3, 0.4) is 0 Å². The number of rotatable bonds is 5. The van der Waals surface area contributed by atoms with Crippen LogP contribution in [0, 0.1) is 6.92 Å². The number of hydrogen-bond acceptors (Lipinski definition) is 4. The van der Waals surface area contributed by atoms with E-state index in [0.717, 1.165) is 44.0 Å². The summed E-state index contributed by atoms with van der Waals surface area (Å²) in [6.45, 7) is 6.77. The highest BCUT2D eigenvalue weighted by Crippen LogP contribution is 2.15. The van der Waals surface area contributed by atoms with E-state index in [-0.39, 0.29) is 30.7 Å². The third-order valence-corrected chi connectivity index (χ3v) is 4.56. The van der Waals surface area contributed by atoms with Crippen molar-refractivity contribution >= 4 is 36.4 Å². The third kappa shape index (κ3) is 6.40. The molecule has 0 unspecified atom stereocenters. The van der Waals surface area contributed by atoms with Crippen molar-refractivity contribution in [3.8, 4) is 0 Å². The van der Waals surface area contributed by atoms with Gasteiger partial charge in [-0.3, -0.25) is 9.69 Å². The quantitative estimate of drug-likeness (QED) is 0.741. The Morgan fingerprint density at radius 3 is 2.48 bits per heavy atom. The molecule has 0 aromatic heterocycles. The lowest BCUT2D eigenvalue weighted by Crippen LogP contribution is -2.36. The van der Waals surface area contributed by atoms with E-state index in [2.05, 4.69) is 22.3 Å². The van der Waals surface area contributed by atoms with Crippen LogP contribution in [0.1, 0.15) is 27.0 Å². The second-order valence-electron chi connectivity index (χ2n) is 6.41. The first-order valence-electron chi connectivity index (χ1n) is 8.64. The molecule has 1 fully saturated rings. The van der Waals surface area contributed by atoms with Gasteiger partial charge < -0.3 is 15.8 Å². The van der Waals surface area contributed by atoms with Gasteiger partial charge in [-0.25, -0.2) is 0 Å². The van der Waals surface area contributed by atoms with Crippen LogP contribution in [0.5, 0.6) is 0 Å². The molecule has 27 heavy (non-hydrogen) atoms. The SMILES string of the molecule is Cc1ccc(N)cc1C(=O)NCc1ccccc1CN1CCOCC1.Cl.Cl. The van der Waals surface area contributed by atoms with Crippen molar-refractivity contribution in [3.63, 3.8) is 0 Å². The third-order valence-electron chi connectivity index (χ3n) is 4.56. The molecule has 0 bridgehead atoms. The molecule has 0 atom stereocenters. The Hall–Kier alpha value is -1.79. The zero-order valence-electron chi connectivity index (χ0n) is 15.4. The first-order valence-corrected chi connectivity index (χ1v) is 8.64. The number of nitrogens with zero attached hydrogens (tertiary/aromatic N) is 1. The molecule has 1 aliphatic rings. The van der Waals surface area contributed by atoms with Crippen LogP contribution in [0.25, 0.3) is 0 Å². The van der Waals surface area contributed by atoms with Crippen LogP contribution in [0.15, 0.2) is 42.5 Å². The number of ether oxygens (including phenoxy) is 1. The van der Waals surface area contributed by atoms with Crippen LogP contribution in [0.4, 0.5) is 5.69 Å². The van der Waals surface area contributed by atoms with Crippen LogP contribution in [-0.4, -0.2) is 37.1 Å². The second kappa shape index (κ2) is 11.1. The standard InChI is InChI=1S/C20H25N3O2.2ClH/c1-15-6-7-18(21)12-19(15)20(24)22-13-16-4-2-3-5-17(16)14-23-8-10-25-11-9-23;;/h2-7,12H,8-11,13-14,21H2,1H3,(H,22,24);2*1H. The van der Waals surface area contributed by atoms with E-state index in [4.69, 9.17) is 10.5 Å². The molecule has 2 aromatic rings. The minimum absolute atomic E-state index is 0. The van der Waals surface area contributed by atoms with Gasteiger partial charge in [-0.05, 0) is 35.7 Å². The molecule has 3 rings (SSSR count). The predicted molar refractivity (Wildman–Crippen MR) is 114 cm³/mol. The first-order chi connectivity index (χ1) is 12.1. The molecule has 2 aromatic carbocycles. The molecule has 0 radical (unpaired) electrons. The van der Waals surface area contributed by atoms with Crippen molar-refractivity contribution in [3.05, 3.63) is 64.7 Å². The largest absolute Gasteiger partial charge is 0.399 e. The molecule has 0 saturated carbocycles.